The molecule has 2 aliphatic rings. The molecule has 1 atom stereocenters. The lowest BCUT2D eigenvalue weighted by molar-refractivity contribution is 0.285. The van der Waals surface area contributed by atoms with Crippen LogP contribution in [0.15, 0.2) is 34.8 Å². The summed E-state index contributed by atoms with van der Waals surface area (Å²) in [6.07, 6.45) is 2.71. The van der Waals surface area contributed by atoms with Crippen molar-refractivity contribution in [1.82, 2.24) is 14.4 Å². The van der Waals surface area contributed by atoms with Gasteiger partial charge in [0.15, 0.2) is 0 Å². The van der Waals surface area contributed by atoms with Crippen molar-refractivity contribution in [3.63, 3.8) is 0 Å². The van der Waals surface area contributed by atoms with Crippen molar-refractivity contribution in [3.05, 3.63) is 57.3 Å². The van der Waals surface area contributed by atoms with Crippen molar-refractivity contribution in [1.29, 1.82) is 0 Å². The molecule has 0 N–H and O–H groups in total. The lowest BCUT2D eigenvalue weighted by Gasteiger charge is -2.31. The quantitative estimate of drug-likeness (QED) is 0.789. The second kappa shape index (κ2) is 6.66. The molecule has 1 fully saturated rings. The van der Waals surface area contributed by atoms with Crippen LogP contribution in [0.4, 0.5) is 0 Å². The van der Waals surface area contributed by atoms with Gasteiger partial charge in [0, 0.05) is 48.5 Å². The Morgan fingerprint density at radius 1 is 1.08 bits per heavy atom. The van der Waals surface area contributed by atoms with E-state index in [1.54, 1.807) is 0 Å². The van der Waals surface area contributed by atoms with Crippen LogP contribution in [0.1, 0.15) is 41.3 Å². The van der Waals surface area contributed by atoms with E-state index in [2.05, 4.69) is 74.7 Å². The summed E-state index contributed by atoms with van der Waals surface area (Å²) in [5.74, 6) is 0.477. The molecule has 24 heavy (non-hydrogen) atoms. The maximum absolute atomic E-state index is 3.56. The summed E-state index contributed by atoms with van der Waals surface area (Å²) < 4.78 is 3.60. The molecule has 0 radical (unpaired) electrons. The lowest BCUT2D eigenvalue weighted by atomic mass is 9.88. The number of aromatic nitrogens is 1. The van der Waals surface area contributed by atoms with E-state index in [0.29, 0.717) is 5.92 Å². The summed E-state index contributed by atoms with van der Waals surface area (Å²) in [4.78, 5) is 5.05. The maximum Gasteiger partial charge on any atom is 0.0387 e. The fourth-order valence-electron chi connectivity index (χ4n) is 4.26. The Bertz CT molecular complexity index is 713. The van der Waals surface area contributed by atoms with Crippen molar-refractivity contribution in [2.24, 2.45) is 7.05 Å². The first-order valence-electron chi connectivity index (χ1n) is 8.95. The smallest absolute Gasteiger partial charge is 0.0387 e. The highest BCUT2D eigenvalue weighted by molar-refractivity contribution is 9.10. The highest BCUT2D eigenvalue weighted by atomic mass is 79.9. The van der Waals surface area contributed by atoms with Crippen LogP contribution in [-0.4, -0.2) is 41.0 Å². The molecule has 4 rings (SSSR count). The monoisotopic (exact) mass is 387 g/mol. The summed E-state index contributed by atoms with van der Waals surface area (Å²) >= 11 is 3.56. The van der Waals surface area contributed by atoms with Gasteiger partial charge in [0.1, 0.15) is 0 Å². The van der Waals surface area contributed by atoms with Gasteiger partial charge in [-0.2, -0.15) is 0 Å². The Balaban J connectivity index is 1.68. The summed E-state index contributed by atoms with van der Waals surface area (Å²) in [5.41, 5.74) is 5.92. The first-order chi connectivity index (χ1) is 11.6. The highest BCUT2D eigenvalue weighted by Gasteiger charge is 2.29. The Kier molecular flexibility index (Phi) is 4.54. The molecular weight excluding hydrogens is 362 g/mol. The van der Waals surface area contributed by atoms with Gasteiger partial charge < -0.3 is 4.57 Å². The van der Waals surface area contributed by atoms with E-state index < -0.39 is 0 Å². The van der Waals surface area contributed by atoms with Crippen LogP contribution in [0, 0.1) is 0 Å². The van der Waals surface area contributed by atoms with Crippen molar-refractivity contribution in [2.75, 3.05) is 26.7 Å². The Hall–Kier alpha value is -1.10. The fourth-order valence-corrected chi connectivity index (χ4v) is 4.52. The van der Waals surface area contributed by atoms with Crippen molar-refractivity contribution < 1.29 is 0 Å². The molecule has 1 saturated heterocycles. The molecule has 1 aromatic heterocycles. The number of hydrogen-bond acceptors (Lipinski definition) is 2. The number of likely N-dealkylation sites (N-methyl/N-ethyl adjacent to an activating group) is 1. The lowest BCUT2D eigenvalue weighted by Crippen LogP contribution is -2.31. The number of likely N-dealkylation sites (tertiary alicyclic amines) is 1. The minimum Gasteiger partial charge on any atom is -0.349 e. The number of fused-ring (bicyclic) bond motifs is 1. The Morgan fingerprint density at radius 2 is 1.79 bits per heavy atom. The Labute approximate surface area is 153 Å². The van der Waals surface area contributed by atoms with Gasteiger partial charge >= 0.3 is 0 Å². The molecule has 0 aliphatic carbocycles. The van der Waals surface area contributed by atoms with E-state index in [9.17, 15) is 0 Å². The van der Waals surface area contributed by atoms with Gasteiger partial charge in [0.05, 0.1) is 0 Å². The van der Waals surface area contributed by atoms with E-state index in [1.807, 2.05) is 0 Å². The number of rotatable bonds is 3. The number of benzene rings is 1. The maximum atomic E-state index is 3.56. The average Bonchev–Trinajstić information content (AvgIpc) is 3.18. The molecule has 0 amide bonds. The first-order valence-corrected chi connectivity index (χ1v) is 9.75. The highest BCUT2D eigenvalue weighted by Crippen LogP contribution is 2.35. The minimum atomic E-state index is 0.477. The summed E-state index contributed by atoms with van der Waals surface area (Å²) in [5, 5.41) is 0. The van der Waals surface area contributed by atoms with Crippen molar-refractivity contribution >= 4 is 15.9 Å². The minimum absolute atomic E-state index is 0.477. The van der Waals surface area contributed by atoms with Crippen LogP contribution < -0.4 is 0 Å². The fraction of sp³-hybridized carbons (Fsp3) is 0.500. The standard InChI is InChI=1S/C20H26BrN3/c1-22-13-19(15-5-7-16(21)8-6-15)18-11-17(23(2)20(18)14-22)12-24-9-3-4-10-24/h5-8,11,19H,3-4,9-10,12-14H2,1-2H3. The molecule has 3 heterocycles. The van der Waals surface area contributed by atoms with Gasteiger partial charge in [0.25, 0.3) is 0 Å². The topological polar surface area (TPSA) is 11.4 Å². The average molecular weight is 388 g/mol. The summed E-state index contributed by atoms with van der Waals surface area (Å²) in [6.45, 7) is 5.76. The van der Waals surface area contributed by atoms with Crippen LogP contribution in [-0.2, 0) is 20.1 Å². The van der Waals surface area contributed by atoms with Crippen LogP contribution in [0.25, 0.3) is 0 Å². The third-order valence-electron chi connectivity index (χ3n) is 5.64. The van der Waals surface area contributed by atoms with Crippen LogP contribution in [0.2, 0.25) is 0 Å². The molecule has 128 valence electrons. The molecule has 0 saturated carbocycles. The zero-order valence-corrected chi connectivity index (χ0v) is 16.2. The summed E-state index contributed by atoms with van der Waals surface area (Å²) in [6, 6.07) is 11.3. The van der Waals surface area contributed by atoms with Gasteiger partial charge in [0.2, 0.25) is 0 Å². The Morgan fingerprint density at radius 3 is 2.50 bits per heavy atom. The number of nitrogens with zero attached hydrogens (tertiary/aromatic N) is 3. The molecule has 2 aliphatic heterocycles. The van der Waals surface area contributed by atoms with E-state index in [4.69, 9.17) is 0 Å². The predicted octanol–water partition coefficient (Wildman–Crippen LogP) is 3.96. The number of halogens is 1. The first kappa shape index (κ1) is 16.4. The van der Waals surface area contributed by atoms with E-state index in [-0.39, 0.29) is 0 Å². The van der Waals surface area contributed by atoms with E-state index in [0.717, 1.165) is 24.1 Å². The van der Waals surface area contributed by atoms with Crippen LogP contribution in [0.5, 0.6) is 0 Å². The molecular formula is C20H26BrN3. The molecule has 1 unspecified atom stereocenters. The third-order valence-corrected chi connectivity index (χ3v) is 6.17. The van der Waals surface area contributed by atoms with Gasteiger partial charge in [-0.25, -0.2) is 0 Å². The van der Waals surface area contributed by atoms with Gasteiger partial charge in [-0.15, -0.1) is 0 Å². The number of hydrogen-bond donors (Lipinski definition) is 0. The van der Waals surface area contributed by atoms with Gasteiger partial charge in [-0.05, 0) is 62.3 Å². The molecule has 2 aromatic rings. The summed E-state index contributed by atoms with van der Waals surface area (Å²) in [7, 11) is 4.49. The van der Waals surface area contributed by atoms with Crippen molar-refractivity contribution in [3.8, 4) is 0 Å². The second-order valence-electron chi connectivity index (χ2n) is 7.38. The molecule has 0 spiro atoms. The van der Waals surface area contributed by atoms with Crippen molar-refractivity contribution in [2.45, 2.75) is 31.8 Å². The zero-order chi connectivity index (χ0) is 16.7. The SMILES string of the molecule is CN1Cc2c(cc(CN3CCCC3)n2C)C(c2ccc(Br)cc2)C1. The van der Waals surface area contributed by atoms with Crippen LogP contribution >= 0.6 is 15.9 Å². The molecule has 0 bridgehead atoms. The normalized spacial score (nSPS) is 22.0. The molecule has 3 nitrogen and oxygen atoms in total. The van der Waals surface area contributed by atoms with Gasteiger partial charge in [-0.3, -0.25) is 9.80 Å². The zero-order valence-electron chi connectivity index (χ0n) is 14.6. The van der Waals surface area contributed by atoms with Crippen LogP contribution in [0.3, 0.4) is 0 Å². The largest absolute Gasteiger partial charge is 0.349 e. The van der Waals surface area contributed by atoms with Gasteiger partial charge in [-0.1, -0.05) is 28.1 Å². The molecule has 1 aromatic carbocycles. The molecule has 4 heteroatoms. The second-order valence-corrected chi connectivity index (χ2v) is 8.30. The predicted molar refractivity (Wildman–Crippen MR) is 102 cm³/mol. The third kappa shape index (κ3) is 3.07. The van der Waals surface area contributed by atoms with E-state index in [1.165, 1.54) is 48.4 Å². The van der Waals surface area contributed by atoms with E-state index >= 15 is 0 Å².